The lowest BCUT2D eigenvalue weighted by Gasteiger charge is -2.30. The van der Waals surface area contributed by atoms with Crippen LogP contribution >= 0.6 is 0 Å². The third-order valence-corrected chi connectivity index (χ3v) is 9.83. The summed E-state index contributed by atoms with van der Waals surface area (Å²) in [5.74, 6) is -0.663. The summed E-state index contributed by atoms with van der Waals surface area (Å²) in [4.78, 5) is 58.1. The van der Waals surface area contributed by atoms with Crippen molar-refractivity contribution in [3.8, 4) is 0 Å². The lowest BCUT2D eigenvalue weighted by atomic mass is 9.91. The summed E-state index contributed by atoms with van der Waals surface area (Å²) in [5, 5.41) is 7.33. The molecule has 2 atom stereocenters. The summed E-state index contributed by atoms with van der Waals surface area (Å²) in [6.07, 6.45) is -0.112. The van der Waals surface area contributed by atoms with E-state index in [0.29, 0.717) is 33.4 Å². The zero-order valence-corrected chi connectivity index (χ0v) is 33.4. The van der Waals surface area contributed by atoms with E-state index in [9.17, 15) is 19.2 Å². The second-order valence-electron chi connectivity index (χ2n) is 14.8. The number of hydrogen-bond donors (Lipinski definition) is 2. The van der Waals surface area contributed by atoms with Crippen LogP contribution in [0.3, 0.4) is 0 Å². The lowest BCUT2D eigenvalue weighted by Crippen LogP contribution is -2.58. The quantitative estimate of drug-likeness (QED) is 0.0759. The van der Waals surface area contributed by atoms with Gasteiger partial charge < -0.3 is 39.1 Å². The smallest absolute Gasteiger partial charge is 0.421 e. The molecule has 0 fully saturated rings. The Morgan fingerprint density at radius 1 is 0.828 bits per heavy atom. The number of rotatable bonds is 16. The van der Waals surface area contributed by atoms with Crippen molar-refractivity contribution in [2.45, 2.75) is 45.0 Å². The van der Waals surface area contributed by atoms with Gasteiger partial charge in [-0.15, -0.1) is 0 Å². The first kappa shape index (κ1) is 41.2. The number of carbonyl (C=O) groups excluding carboxylic acids is 4. The van der Waals surface area contributed by atoms with Gasteiger partial charge in [-0.2, -0.15) is 0 Å². The van der Waals surface area contributed by atoms with Crippen molar-refractivity contribution in [2.75, 3.05) is 41.0 Å². The molecule has 0 aliphatic rings. The molecular formula is C45H49N5O8. The Morgan fingerprint density at radius 2 is 1.53 bits per heavy atom. The lowest BCUT2D eigenvalue weighted by molar-refractivity contribution is -0.127. The molecule has 2 amide bonds. The predicted molar refractivity (Wildman–Crippen MR) is 220 cm³/mol. The third kappa shape index (κ3) is 10.5. The minimum atomic E-state index is -1.56. The number of nitrogens with one attached hydrogen (secondary N) is 2. The standard InChI is InChI=1S/C45H49N5O8/c1-31(33-13-7-6-8-14-33)46-42(52)45(2,47-43(53)55-29-37-25-35-15-9-12-18-40(35)58-37)26-36-28-50(39-17-11-10-16-38(36)39)44(54)57-30-56-41(51)34-21-19-32(20-22-34)27-49(5)24-23-48(3)4/h6-22,25,28,31H,23-24,26-27,29-30H2,1-5H3,(H,46,52)(H,47,53)/t31-,45?/m0/s1. The molecule has 2 N–H and O–H groups in total. The molecule has 13 heteroatoms. The fourth-order valence-electron chi connectivity index (χ4n) is 6.59. The Kier molecular flexibility index (Phi) is 13.3. The summed E-state index contributed by atoms with van der Waals surface area (Å²) >= 11 is 0. The van der Waals surface area contributed by atoms with Gasteiger partial charge in [0.25, 0.3) is 0 Å². The molecule has 0 bridgehead atoms. The largest absolute Gasteiger partial charge is 0.457 e. The zero-order valence-electron chi connectivity index (χ0n) is 33.4. The van der Waals surface area contributed by atoms with E-state index in [4.69, 9.17) is 18.6 Å². The van der Waals surface area contributed by atoms with Crippen LogP contribution in [0.4, 0.5) is 9.59 Å². The normalized spacial score (nSPS) is 12.9. The number of benzene rings is 4. The van der Waals surface area contributed by atoms with Crippen molar-refractivity contribution in [1.82, 2.24) is 25.0 Å². The van der Waals surface area contributed by atoms with E-state index in [2.05, 4.69) is 20.4 Å². The maximum absolute atomic E-state index is 14.1. The molecule has 4 aromatic carbocycles. The van der Waals surface area contributed by atoms with E-state index >= 15 is 0 Å². The number of furan rings is 1. The van der Waals surface area contributed by atoms with E-state index in [1.54, 1.807) is 49.5 Å². The highest BCUT2D eigenvalue weighted by atomic mass is 16.7. The summed E-state index contributed by atoms with van der Waals surface area (Å²) in [6, 6.07) is 32.5. The number of esters is 1. The third-order valence-electron chi connectivity index (χ3n) is 9.83. The summed E-state index contributed by atoms with van der Waals surface area (Å²) < 4.78 is 23.3. The van der Waals surface area contributed by atoms with Crippen LogP contribution in [0.15, 0.2) is 120 Å². The number of nitrogens with zero attached hydrogens (tertiary/aromatic N) is 3. The topological polar surface area (TPSA) is 145 Å². The highest BCUT2D eigenvalue weighted by molar-refractivity contribution is 5.95. The molecule has 58 heavy (non-hydrogen) atoms. The average Bonchev–Trinajstić information content (AvgIpc) is 3.81. The first-order valence-corrected chi connectivity index (χ1v) is 19.0. The molecule has 6 aromatic rings. The van der Waals surface area contributed by atoms with Crippen molar-refractivity contribution in [3.05, 3.63) is 143 Å². The molecule has 0 saturated heterocycles. The second kappa shape index (κ2) is 18.7. The number of hydrogen-bond acceptors (Lipinski definition) is 10. The van der Waals surface area contributed by atoms with Gasteiger partial charge in [-0.3, -0.25) is 9.36 Å². The highest BCUT2D eigenvalue weighted by Crippen LogP contribution is 2.27. The minimum Gasteiger partial charge on any atom is -0.457 e. The van der Waals surface area contributed by atoms with Crippen LogP contribution in [0.25, 0.3) is 21.9 Å². The highest BCUT2D eigenvalue weighted by Gasteiger charge is 2.38. The molecule has 2 heterocycles. The maximum Gasteiger partial charge on any atom is 0.421 e. The summed E-state index contributed by atoms with van der Waals surface area (Å²) in [5.41, 5.74) is 2.42. The van der Waals surface area contributed by atoms with Crippen molar-refractivity contribution >= 4 is 45.9 Å². The fraction of sp³-hybridized carbons (Fsp3) is 0.289. The first-order valence-electron chi connectivity index (χ1n) is 19.0. The predicted octanol–water partition coefficient (Wildman–Crippen LogP) is 7.29. The monoisotopic (exact) mass is 787 g/mol. The molecule has 0 saturated carbocycles. The van der Waals surface area contributed by atoms with Gasteiger partial charge >= 0.3 is 18.2 Å². The van der Waals surface area contributed by atoms with Crippen LogP contribution in [-0.4, -0.2) is 85.0 Å². The van der Waals surface area contributed by atoms with Gasteiger partial charge in [0.15, 0.2) is 6.61 Å². The van der Waals surface area contributed by atoms with Crippen molar-refractivity contribution in [3.63, 3.8) is 0 Å². The van der Waals surface area contributed by atoms with Gasteiger partial charge in [-0.25, -0.2) is 14.4 Å². The Hall–Kier alpha value is -6.44. The molecule has 6 rings (SSSR count). The van der Waals surface area contributed by atoms with Crippen LogP contribution in [0.1, 0.15) is 52.7 Å². The molecule has 2 aromatic heterocycles. The Morgan fingerprint density at radius 3 is 2.28 bits per heavy atom. The number of alkyl carbamates (subject to hydrolysis) is 1. The van der Waals surface area contributed by atoms with E-state index in [1.165, 1.54) is 4.57 Å². The van der Waals surface area contributed by atoms with Crippen LogP contribution < -0.4 is 10.6 Å². The maximum atomic E-state index is 14.1. The van der Waals surface area contributed by atoms with E-state index < -0.39 is 42.4 Å². The molecule has 0 aliphatic heterocycles. The Labute approximate surface area is 337 Å². The first-order chi connectivity index (χ1) is 27.9. The SMILES string of the molecule is C[C@H](NC(=O)C(C)(Cc1cn(C(=O)OCOC(=O)c2ccc(CN(C)CCN(C)C)cc2)c2ccccc12)NC(=O)OCc1cc2ccccc2o1)c1ccccc1. The molecule has 13 nitrogen and oxygen atoms in total. The van der Waals surface area contributed by atoms with E-state index in [1.807, 2.05) is 101 Å². The zero-order chi connectivity index (χ0) is 41.2. The van der Waals surface area contributed by atoms with Gasteiger partial charge in [-0.05, 0) is 82.0 Å². The number of carbonyl (C=O) groups is 4. The molecular weight excluding hydrogens is 739 g/mol. The van der Waals surface area contributed by atoms with E-state index in [0.717, 1.165) is 36.1 Å². The van der Waals surface area contributed by atoms with Gasteiger partial charge in [-0.1, -0.05) is 78.9 Å². The van der Waals surface area contributed by atoms with E-state index in [-0.39, 0.29) is 13.0 Å². The second-order valence-corrected chi connectivity index (χ2v) is 14.8. The summed E-state index contributed by atoms with van der Waals surface area (Å²) in [7, 11) is 6.10. The Bertz CT molecular complexity index is 2320. The van der Waals surface area contributed by atoms with Crippen LogP contribution in [0.5, 0.6) is 0 Å². The van der Waals surface area contributed by atoms with Gasteiger partial charge in [0.2, 0.25) is 12.7 Å². The minimum absolute atomic E-state index is 0.0305. The van der Waals surface area contributed by atoms with Crippen molar-refractivity contribution in [1.29, 1.82) is 0 Å². The summed E-state index contributed by atoms with van der Waals surface area (Å²) in [6.45, 7) is 5.24. The van der Waals surface area contributed by atoms with Crippen LogP contribution in [0, 0.1) is 0 Å². The number of ether oxygens (including phenoxy) is 3. The number of likely N-dealkylation sites (N-methyl/N-ethyl adjacent to an activating group) is 2. The van der Waals surface area contributed by atoms with Crippen LogP contribution in [-0.2, 0) is 38.6 Å². The number of fused-ring (bicyclic) bond motifs is 2. The molecule has 0 radical (unpaired) electrons. The number of amides is 2. The number of aromatic nitrogens is 1. The Balaban J connectivity index is 1.14. The van der Waals surface area contributed by atoms with Crippen molar-refractivity contribution < 1.29 is 37.8 Å². The fourth-order valence-corrected chi connectivity index (χ4v) is 6.59. The molecule has 0 spiro atoms. The molecule has 1 unspecified atom stereocenters. The average molecular weight is 788 g/mol. The van der Waals surface area contributed by atoms with Gasteiger partial charge in [0.05, 0.1) is 17.1 Å². The van der Waals surface area contributed by atoms with Crippen LogP contribution in [0.2, 0.25) is 0 Å². The number of para-hydroxylation sites is 2. The molecule has 302 valence electrons. The van der Waals surface area contributed by atoms with Gasteiger partial charge in [0.1, 0.15) is 16.9 Å². The van der Waals surface area contributed by atoms with Gasteiger partial charge in [0, 0.05) is 43.0 Å². The molecule has 0 aliphatic carbocycles. The van der Waals surface area contributed by atoms with Crippen molar-refractivity contribution in [2.24, 2.45) is 0 Å².